The molecule has 1 aliphatic carbocycles. The summed E-state index contributed by atoms with van der Waals surface area (Å²) in [5.74, 6) is 0.622. The van der Waals surface area contributed by atoms with E-state index < -0.39 is 5.82 Å². The summed E-state index contributed by atoms with van der Waals surface area (Å²) < 4.78 is 19.3. The van der Waals surface area contributed by atoms with E-state index in [1.807, 2.05) is 0 Å². The molecule has 1 saturated heterocycles. The van der Waals surface area contributed by atoms with Crippen molar-refractivity contribution in [1.82, 2.24) is 14.9 Å². The molecular weight excluding hydrogens is 349 g/mol. The molecule has 1 N–H and O–H groups in total. The zero-order valence-electron chi connectivity index (χ0n) is 15.0. The fourth-order valence-corrected chi connectivity index (χ4v) is 3.45. The zero-order valence-corrected chi connectivity index (χ0v) is 15.0. The highest BCUT2D eigenvalue weighted by Gasteiger charge is 2.29. The predicted octanol–water partition coefficient (Wildman–Crippen LogP) is 2.72. The average molecular weight is 371 g/mol. The Kier molecular flexibility index (Phi) is 4.92. The van der Waals surface area contributed by atoms with Crippen LogP contribution in [0.2, 0.25) is 0 Å². The lowest BCUT2D eigenvalue weighted by molar-refractivity contribution is 0.0629. The summed E-state index contributed by atoms with van der Waals surface area (Å²) in [5.41, 5.74) is -0.295. The van der Waals surface area contributed by atoms with E-state index in [1.165, 1.54) is 12.3 Å². The molecule has 1 atom stereocenters. The fraction of sp³-hybridized carbons (Fsp3) is 0.450. The standard InChI is InChI=1S/C20H22FN3O3/c21-16-5-1-2-6-17(16)27-12-13-4-3-9-24(11-13)20(26)15-10-22-18(14-7-8-14)23-19(15)25/h1-2,5-6,10,13-14H,3-4,7-9,11-12H2,(H,22,23,25)/t13-/m0/s1. The molecule has 6 nitrogen and oxygen atoms in total. The highest BCUT2D eigenvalue weighted by molar-refractivity contribution is 5.93. The van der Waals surface area contributed by atoms with Gasteiger partial charge in [-0.1, -0.05) is 12.1 Å². The van der Waals surface area contributed by atoms with Gasteiger partial charge in [0.25, 0.3) is 11.5 Å². The minimum absolute atomic E-state index is 0.0788. The summed E-state index contributed by atoms with van der Waals surface area (Å²) in [7, 11) is 0. The minimum Gasteiger partial charge on any atom is -0.490 e. The van der Waals surface area contributed by atoms with E-state index in [9.17, 15) is 14.0 Å². The third-order valence-corrected chi connectivity index (χ3v) is 5.13. The number of benzene rings is 1. The average Bonchev–Trinajstić information content (AvgIpc) is 3.52. The molecule has 1 aliphatic heterocycles. The Balaban J connectivity index is 1.39. The first-order valence-electron chi connectivity index (χ1n) is 9.37. The maximum Gasteiger partial charge on any atom is 0.263 e. The Morgan fingerprint density at radius 3 is 2.85 bits per heavy atom. The second kappa shape index (κ2) is 7.50. The van der Waals surface area contributed by atoms with Gasteiger partial charge in [-0.3, -0.25) is 9.59 Å². The van der Waals surface area contributed by atoms with Crippen molar-refractivity contribution in [3.05, 3.63) is 58.0 Å². The van der Waals surface area contributed by atoms with Crippen LogP contribution in [0.25, 0.3) is 0 Å². The summed E-state index contributed by atoms with van der Waals surface area (Å²) in [5, 5.41) is 0. The van der Waals surface area contributed by atoms with E-state index in [4.69, 9.17) is 4.74 Å². The maximum atomic E-state index is 13.7. The van der Waals surface area contributed by atoms with Crippen LogP contribution in [0.4, 0.5) is 4.39 Å². The number of aromatic amines is 1. The number of rotatable bonds is 5. The Labute approximate surface area is 156 Å². The number of aromatic nitrogens is 2. The van der Waals surface area contributed by atoms with Crippen LogP contribution in [0.5, 0.6) is 5.75 Å². The first kappa shape index (κ1) is 17.7. The van der Waals surface area contributed by atoms with Gasteiger partial charge in [-0.25, -0.2) is 9.37 Å². The lowest BCUT2D eigenvalue weighted by Gasteiger charge is -2.32. The Bertz CT molecular complexity index is 894. The lowest BCUT2D eigenvalue weighted by Crippen LogP contribution is -2.43. The first-order valence-corrected chi connectivity index (χ1v) is 9.37. The fourth-order valence-electron chi connectivity index (χ4n) is 3.45. The van der Waals surface area contributed by atoms with Gasteiger partial charge in [-0.15, -0.1) is 0 Å². The quantitative estimate of drug-likeness (QED) is 0.877. The van der Waals surface area contributed by atoms with E-state index >= 15 is 0 Å². The number of halogens is 1. The molecular formula is C20H22FN3O3. The molecule has 2 fully saturated rings. The van der Waals surface area contributed by atoms with Gasteiger partial charge in [-0.05, 0) is 37.8 Å². The van der Waals surface area contributed by atoms with Crippen LogP contribution < -0.4 is 10.3 Å². The number of likely N-dealkylation sites (tertiary alicyclic amines) is 1. The molecule has 1 amide bonds. The number of amides is 1. The number of nitrogens with one attached hydrogen (secondary N) is 1. The number of carbonyl (C=O) groups is 1. The number of hydrogen-bond acceptors (Lipinski definition) is 4. The Morgan fingerprint density at radius 1 is 1.30 bits per heavy atom. The van der Waals surface area contributed by atoms with E-state index in [2.05, 4.69) is 9.97 Å². The van der Waals surface area contributed by atoms with E-state index in [0.717, 1.165) is 25.7 Å². The number of nitrogens with zero attached hydrogens (tertiary/aromatic N) is 2. The first-order chi connectivity index (χ1) is 13.1. The van der Waals surface area contributed by atoms with Gasteiger partial charge in [-0.2, -0.15) is 0 Å². The second-order valence-corrected chi connectivity index (χ2v) is 7.29. The van der Waals surface area contributed by atoms with Crippen LogP contribution in [-0.2, 0) is 0 Å². The normalized spacial score (nSPS) is 19.7. The molecule has 2 aromatic rings. The number of para-hydroxylation sites is 1. The molecule has 27 heavy (non-hydrogen) atoms. The van der Waals surface area contributed by atoms with E-state index in [-0.39, 0.29) is 28.7 Å². The molecule has 1 saturated carbocycles. The smallest absolute Gasteiger partial charge is 0.263 e. The molecule has 4 rings (SSSR count). The summed E-state index contributed by atoms with van der Waals surface area (Å²) in [6.07, 6.45) is 5.18. The van der Waals surface area contributed by atoms with Crippen molar-refractivity contribution in [3.8, 4) is 5.75 Å². The molecule has 0 unspecified atom stereocenters. The van der Waals surface area contributed by atoms with Crippen LogP contribution in [0.1, 0.15) is 47.8 Å². The number of ether oxygens (including phenoxy) is 1. The van der Waals surface area contributed by atoms with Crippen LogP contribution in [0, 0.1) is 11.7 Å². The van der Waals surface area contributed by atoms with Crippen molar-refractivity contribution in [2.75, 3.05) is 19.7 Å². The van der Waals surface area contributed by atoms with Crippen molar-refractivity contribution in [1.29, 1.82) is 0 Å². The maximum absolute atomic E-state index is 13.7. The molecule has 0 spiro atoms. The number of hydrogen-bond donors (Lipinski definition) is 1. The van der Waals surface area contributed by atoms with Gasteiger partial charge in [0, 0.05) is 31.1 Å². The molecule has 1 aromatic carbocycles. The summed E-state index contributed by atoms with van der Waals surface area (Å²) in [6, 6.07) is 6.29. The molecule has 7 heteroatoms. The zero-order chi connectivity index (χ0) is 18.8. The number of H-pyrrole nitrogens is 1. The van der Waals surface area contributed by atoms with Crippen molar-refractivity contribution in [3.63, 3.8) is 0 Å². The highest BCUT2D eigenvalue weighted by atomic mass is 19.1. The van der Waals surface area contributed by atoms with Crippen LogP contribution >= 0.6 is 0 Å². The molecule has 2 aliphatic rings. The van der Waals surface area contributed by atoms with Crippen molar-refractivity contribution in [2.24, 2.45) is 5.92 Å². The summed E-state index contributed by atoms with van der Waals surface area (Å²) >= 11 is 0. The molecule has 142 valence electrons. The van der Waals surface area contributed by atoms with Crippen LogP contribution in [0.15, 0.2) is 35.3 Å². The van der Waals surface area contributed by atoms with Gasteiger partial charge in [0.1, 0.15) is 11.4 Å². The largest absolute Gasteiger partial charge is 0.490 e. The number of piperidine rings is 1. The molecule has 1 aromatic heterocycles. The minimum atomic E-state index is -0.394. The third kappa shape index (κ3) is 4.02. The van der Waals surface area contributed by atoms with Gasteiger partial charge >= 0.3 is 0 Å². The van der Waals surface area contributed by atoms with Gasteiger partial charge in [0.2, 0.25) is 0 Å². The van der Waals surface area contributed by atoms with Crippen LogP contribution in [-0.4, -0.2) is 40.5 Å². The van der Waals surface area contributed by atoms with Gasteiger partial charge < -0.3 is 14.6 Å². The SMILES string of the molecule is O=C(c1cnc(C2CC2)[nH]c1=O)N1CCC[C@H](COc2ccccc2F)C1. The Hall–Kier alpha value is -2.70. The third-order valence-electron chi connectivity index (χ3n) is 5.13. The molecule has 0 radical (unpaired) electrons. The van der Waals surface area contributed by atoms with Gasteiger partial charge in [0.05, 0.1) is 6.61 Å². The molecule has 2 heterocycles. The van der Waals surface area contributed by atoms with Crippen molar-refractivity contribution < 1.29 is 13.9 Å². The van der Waals surface area contributed by atoms with Crippen molar-refractivity contribution >= 4 is 5.91 Å². The van der Waals surface area contributed by atoms with Crippen LogP contribution in [0.3, 0.4) is 0 Å². The second-order valence-electron chi connectivity index (χ2n) is 7.29. The summed E-state index contributed by atoms with van der Waals surface area (Å²) in [4.78, 5) is 33.7. The predicted molar refractivity (Wildman–Crippen MR) is 97.4 cm³/mol. The topological polar surface area (TPSA) is 75.3 Å². The summed E-state index contributed by atoms with van der Waals surface area (Å²) in [6.45, 7) is 1.41. The van der Waals surface area contributed by atoms with Crippen molar-refractivity contribution in [2.45, 2.75) is 31.6 Å². The van der Waals surface area contributed by atoms with E-state index in [0.29, 0.717) is 31.4 Å². The Morgan fingerprint density at radius 2 is 2.11 bits per heavy atom. The monoisotopic (exact) mass is 371 g/mol. The lowest BCUT2D eigenvalue weighted by atomic mass is 9.98. The number of carbonyl (C=O) groups excluding carboxylic acids is 1. The van der Waals surface area contributed by atoms with E-state index in [1.54, 1.807) is 23.1 Å². The molecule has 0 bridgehead atoms. The van der Waals surface area contributed by atoms with Gasteiger partial charge in [0.15, 0.2) is 11.6 Å². The highest BCUT2D eigenvalue weighted by Crippen LogP contribution is 2.37.